The number of nitrogens with one attached hydrogen (secondary N) is 1. The third-order valence-electron chi connectivity index (χ3n) is 5.72. The fourth-order valence-electron chi connectivity index (χ4n) is 3.91. The number of rotatable bonds is 5. The lowest BCUT2D eigenvalue weighted by molar-refractivity contribution is -0.139. The molecule has 150 valence electrons. The largest absolute Gasteiger partial charge is 0.343 e. The second kappa shape index (κ2) is 8.47. The van der Waals surface area contributed by atoms with Gasteiger partial charge in [0.05, 0.1) is 6.54 Å². The van der Waals surface area contributed by atoms with Gasteiger partial charge in [-0.1, -0.05) is 48.5 Å². The summed E-state index contributed by atoms with van der Waals surface area (Å²) in [4.78, 5) is 40.8. The van der Waals surface area contributed by atoms with Crippen LogP contribution in [-0.2, 0) is 9.59 Å². The maximum atomic E-state index is 12.8. The van der Waals surface area contributed by atoms with E-state index in [4.69, 9.17) is 0 Å². The summed E-state index contributed by atoms with van der Waals surface area (Å²) in [6, 6.07) is 19.0. The summed E-state index contributed by atoms with van der Waals surface area (Å²) in [6.45, 7) is 2.09. The molecule has 0 spiro atoms. The summed E-state index contributed by atoms with van der Waals surface area (Å²) in [5.41, 5.74) is 1.77. The Morgan fingerprint density at radius 3 is 2.07 bits per heavy atom. The number of carbonyl (C=O) groups is 3. The smallest absolute Gasteiger partial charge is 0.251 e. The van der Waals surface area contributed by atoms with Crippen LogP contribution in [0.25, 0.3) is 0 Å². The molecule has 2 fully saturated rings. The van der Waals surface area contributed by atoms with Crippen molar-refractivity contribution in [1.82, 2.24) is 15.1 Å². The lowest BCUT2D eigenvalue weighted by atomic mass is 10.1. The zero-order valence-corrected chi connectivity index (χ0v) is 16.3. The van der Waals surface area contributed by atoms with Gasteiger partial charge in [0.1, 0.15) is 0 Å². The Kier molecular flexibility index (Phi) is 5.60. The molecule has 2 unspecified atom stereocenters. The van der Waals surface area contributed by atoms with E-state index in [1.54, 1.807) is 29.2 Å². The second-order valence-electron chi connectivity index (χ2n) is 7.61. The van der Waals surface area contributed by atoms with Gasteiger partial charge >= 0.3 is 0 Å². The molecule has 29 heavy (non-hydrogen) atoms. The normalized spacial score (nSPS) is 20.8. The third-order valence-corrected chi connectivity index (χ3v) is 5.72. The Labute approximate surface area is 170 Å². The highest BCUT2D eigenvalue weighted by molar-refractivity contribution is 5.96. The molecule has 4 rings (SSSR count). The molecule has 2 atom stereocenters. The number of amides is 3. The zero-order chi connectivity index (χ0) is 20.2. The van der Waals surface area contributed by atoms with Gasteiger partial charge in [-0.15, -0.1) is 0 Å². The van der Waals surface area contributed by atoms with Gasteiger partial charge < -0.3 is 15.1 Å². The van der Waals surface area contributed by atoms with E-state index in [0.717, 1.165) is 6.42 Å². The van der Waals surface area contributed by atoms with Crippen LogP contribution in [0.2, 0.25) is 0 Å². The molecule has 2 aromatic carbocycles. The van der Waals surface area contributed by atoms with Crippen molar-refractivity contribution in [3.8, 4) is 0 Å². The topological polar surface area (TPSA) is 69.7 Å². The van der Waals surface area contributed by atoms with Gasteiger partial charge in [0, 0.05) is 37.7 Å². The number of benzene rings is 2. The van der Waals surface area contributed by atoms with Gasteiger partial charge in [0.15, 0.2) is 0 Å². The maximum Gasteiger partial charge on any atom is 0.251 e. The summed E-state index contributed by atoms with van der Waals surface area (Å²) in [5.74, 6) is 0.230. The number of piperazine rings is 1. The first kappa shape index (κ1) is 19.2. The fraction of sp³-hybridized carbons (Fsp3) is 0.348. The molecule has 1 saturated carbocycles. The molecule has 3 amide bonds. The van der Waals surface area contributed by atoms with Gasteiger partial charge in [0.2, 0.25) is 11.8 Å². The molecule has 1 heterocycles. The van der Waals surface area contributed by atoms with E-state index >= 15 is 0 Å². The maximum absolute atomic E-state index is 12.8. The van der Waals surface area contributed by atoms with Crippen LogP contribution in [0.4, 0.5) is 0 Å². The van der Waals surface area contributed by atoms with E-state index in [1.807, 2.05) is 29.2 Å². The Hall–Kier alpha value is -3.15. The standard InChI is InChI=1S/C23H25N3O3/c27-21(16-24-22(28)18-9-5-2-6-10-18)25-11-13-26(14-12-25)23(29)20-15-19(20)17-7-3-1-4-8-17/h1-10,19-20H,11-16H2,(H,24,28). The second-order valence-corrected chi connectivity index (χ2v) is 7.61. The monoisotopic (exact) mass is 391 g/mol. The molecular weight excluding hydrogens is 366 g/mol. The van der Waals surface area contributed by atoms with Crippen LogP contribution in [0, 0.1) is 5.92 Å². The molecular formula is C23H25N3O3. The lowest BCUT2D eigenvalue weighted by Crippen LogP contribution is -2.53. The molecule has 2 aromatic rings. The molecule has 6 nitrogen and oxygen atoms in total. The molecule has 1 N–H and O–H groups in total. The quantitative estimate of drug-likeness (QED) is 0.846. The highest BCUT2D eigenvalue weighted by atomic mass is 16.2. The van der Waals surface area contributed by atoms with Gasteiger partial charge in [-0.25, -0.2) is 0 Å². The Morgan fingerprint density at radius 1 is 0.828 bits per heavy atom. The summed E-state index contributed by atoms with van der Waals surface area (Å²) < 4.78 is 0. The first-order valence-corrected chi connectivity index (χ1v) is 10.1. The summed E-state index contributed by atoms with van der Waals surface area (Å²) in [7, 11) is 0. The Morgan fingerprint density at radius 2 is 1.41 bits per heavy atom. The highest BCUT2D eigenvalue weighted by Crippen LogP contribution is 2.48. The SMILES string of the molecule is O=C(NCC(=O)N1CCN(C(=O)C2CC2c2ccccc2)CC1)c1ccccc1. The molecule has 1 saturated heterocycles. The van der Waals surface area contributed by atoms with Crippen molar-refractivity contribution in [2.45, 2.75) is 12.3 Å². The van der Waals surface area contributed by atoms with Crippen molar-refractivity contribution >= 4 is 17.7 Å². The van der Waals surface area contributed by atoms with Crippen molar-refractivity contribution in [1.29, 1.82) is 0 Å². The number of hydrogen-bond acceptors (Lipinski definition) is 3. The molecule has 0 bridgehead atoms. The van der Waals surface area contributed by atoms with Gasteiger partial charge in [-0.3, -0.25) is 14.4 Å². The minimum Gasteiger partial charge on any atom is -0.343 e. The van der Waals surface area contributed by atoms with Crippen molar-refractivity contribution in [3.05, 3.63) is 71.8 Å². The van der Waals surface area contributed by atoms with E-state index in [1.165, 1.54) is 5.56 Å². The Bertz CT molecular complexity index is 877. The van der Waals surface area contributed by atoms with Crippen LogP contribution in [-0.4, -0.2) is 60.2 Å². The van der Waals surface area contributed by atoms with Crippen molar-refractivity contribution in [2.24, 2.45) is 5.92 Å². The van der Waals surface area contributed by atoms with E-state index in [-0.39, 0.29) is 30.2 Å². The minimum atomic E-state index is -0.256. The lowest BCUT2D eigenvalue weighted by Gasteiger charge is -2.35. The average molecular weight is 391 g/mol. The first-order valence-electron chi connectivity index (χ1n) is 10.1. The number of nitrogens with zero attached hydrogens (tertiary/aromatic N) is 2. The number of hydrogen-bond donors (Lipinski definition) is 1. The minimum absolute atomic E-state index is 0.0274. The van der Waals surface area contributed by atoms with Gasteiger partial charge in [-0.2, -0.15) is 0 Å². The van der Waals surface area contributed by atoms with E-state index in [0.29, 0.717) is 37.7 Å². The molecule has 2 aliphatic rings. The van der Waals surface area contributed by atoms with Crippen LogP contribution in [0.3, 0.4) is 0 Å². The zero-order valence-electron chi connectivity index (χ0n) is 16.3. The Balaban J connectivity index is 1.22. The number of carbonyl (C=O) groups excluding carboxylic acids is 3. The van der Waals surface area contributed by atoms with Gasteiger partial charge in [0.25, 0.3) is 5.91 Å². The molecule has 0 aromatic heterocycles. The third kappa shape index (κ3) is 4.47. The summed E-state index contributed by atoms with van der Waals surface area (Å²) >= 11 is 0. The summed E-state index contributed by atoms with van der Waals surface area (Å²) in [6.07, 6.45) is 0.910. The molecule has 1 aliphatic carbocycles. The van der Waals surface area contributed by atoms with Crippen LogP contribution in [0.15, 0.2) is 60.7 Å². The highest BCUT2D eigenvalue weighted by Gasteiger charge is 2.46. The van der Waals surface area contributed by atoms with Crippen molar-refractivity contribution in [2.75, 3.05) is 32.7 Å². The average Bonchev–Trinajstić information content (AvgIpc) is 3.59. The van der Waals surface area contributed by atoms with Crippen LogP contribution >= 0.6 is 0 Å². The molecule has 6 heteroatoms. The van der Waals surface area contributed by atoms with Crippen molar-refractivity contribution in [3.63, 3.8) is 0 Å². The fourth-order valence-corrected chi connectivity index (χ4v) is 3.91. The summed E-state index contributed by atoms with van der Waals surface area (Å²) in [5, 5.41) is 2.67. The van der Waals surface area contributed by atoms with E-state index < -0.39 is 0 Å². The molecule has 1 aliphatic heterocycles. The van der Waals surface area contributed by atoms with E-state index in [9.17, 15) is 14.4 Å². The van der Waals surface area contributed by atoms with Crippen molar-refractivity contribution < 1.29 is 14.4 Å². The van der Waals surface area contributed by atoms with Crippen LogP contribution in [0.5, 0.6) is 0 Å². The predicted molar refractivity (Wildman–Crippen MR) is 109 cm³/mol. The van der Waals surface area contributed by atoms with Crippen LogP contribution < -0.4 is 5.32 Å². The van der Waals surface area contributed by atoms with E-state index in [2.05, 4.69) is 17.4 Å². The first-order chi connectivity index (χ1) is 14.1. The molecule has 0 radical (unpaired) electrons. The van der Waals surface area contributed by atoms with Crippen LogP contribution in [0.1, 0.15) is 28.3 Å². The van der Waals surface area contributed by atoms with Gasteiger partial charge in [-0.05, 0) is 30.0 Å². The predicted octanol–water partition coefficient (Wildman–Crippen LogP) is 1.89.